The lowest BCUT2D eigenvalue weighted by atomic mass is 9.95. The molecule has 1 unspecified atom stereocenters. The van der Waals surface area contributed by atoms with Crippen LogP contribution in [0.4, 0.5) is 5.82 Å². The van der Waals surface area contributed by atoms with E-state index in [-0.39, 0.29) is 0 Å². The minimum absolute atomic E-state index is 0.596. The minimum Gasteiger partial charge on any atom is -0.388 e. The molecule has 0 spiro atoms. The number of anilines is 1. The summed E-state index contributed by atoms with van der Waals surface area (Å²) in [5.74, 6) is 0.959. The van der Waals surface area contributed by atoms with Gasteiger partial charge in [-0.05, 0) is 25.3 Å². The fourth-order valence-corrected chi connectivity index (χ4v) is 2.79. The Morgan fingerprint density at radius 3 is 2.59 bits per heavy atom. The Morgan fingerprint density at radius 2 is 1.91 bits per heavy atom. The van der Waals surface area contributed by atoms with Gasteiger partial charge in [-0.25, -0.2) is 0 Å². The van der Waals surface area contributed by atoms with Gasteiger partial charge in [0.25, 0.3) is 0 Å². The molecule has 22 heavy (non-hydrogen) atoms. The van der Waals surface area contributed by atoms with Crippen LogP contribution in [0.5, 0.6) is 0 Å². The van der Waals surface area contributed by atoms with Crippen molar-refractivity contribution in [3.05, 3.63) is 48.2 Å². The maximum atomic E-state index is 10.2. The number of nitrogens with zero attached hydrogens (tertiary/aromatic N) is 3. The molecule has 2 aromatic rings. The van der Waals surface area contributed by atoms with E-state index in [1.165, 1.54) is 5.56 Å². The van der Waals surface area contributed by atoms with E-state index in [1.54, 1.807) is 0 Å². The summed E-state index contributed by atoms with van der Waals surface area (Å²) in [4.78, 5) is 2.17. The molecule has 0 bridgehead atoms. The molecule has 3 rings (SSSR count). The third kappa shape index (κ3) is 4.34. The molecular formula is C18H27N3O. The maximum absolute atomic E-state index is 10.2. The van der Waals surface area contributed by atoms with E-state index in [0.29, 0.717) is 6.54 Å². The lowest BCUT2D eigenvalue weighted by molar-refractivity contribution is 0.0447. The molecule has 1 aliphatic rings. The molecule has 1 atom stereocenters. The van der Waals surface area contributed by atoms with E-state index in [9.17, 15) is 5.11 Å². The third-order valence-electron chi connectivity index (χ3n) is 3.81. The van der Waals surface area contributed by atoms with Crippen LogP contribution in [-0.4, -0.2) is 33.6 Å². The van der Waals surface area contributed by atoms with E-state index in [1.807, 2.05) is 55.9 Å². The van der Waals surface area contributed by atoms with Crippen molar-refractivity contribution in [2.45, 2.75) is 45.8 Å². The zero-order valence-corrected chi connectivity index (χ0v) is 13.9. The molecule has 1 N–H and O–H groups in total. The SMILES string of the molecule is CC.CC1(O)CCCN(c2ccn(Cc3ccccc3)n2)C1. The fraction of sp³-hybridized carbons (Fsp3) is 0.500. The Bertz CT molecular complexity index is 563. The highest BCUT2D eigenvalue weighted by Crippen LogP contribution is 2.24. The van der Waals surface area contributed by atoms with Crippen molar-refractivity contribution in [1.29, 1.82) is 0 Å². The average Bonchev–Trinajstić information content (AvgIpc) is 2.98. The third-order valence-corrected chi connectivity index (χ3v) is 3.81. The Balaban J connectivity index is 0.000000847. The molecule has 0 radical (unpaired) electrons. The van der Waals surface area contributed by atoms with Crippen LogP contribution >= 0.6 is 0 Å². The highest BCUT2D eigenvalue weighted by molar-refractivity contribution is 5.38. The van der Waals surface area contributed by atoms with Gasteiger partial charge >= 0.3 is 0 Å². The van der Waals surface area contributed by atoms with Gasteiger partial charge < -0.3 is 10.0 Å². The molecule has 1 saturated heterocycles. The molecule has 4 heteroatoms. The number of benzene rings is 1. The van der Waals surface area contributed by atoms with Crippen LogP contribution in [0.3, 0.4) is 0 Å². The van der Waals surface area contributed by atoms with Gasteiger partial charge in [0.05, 0.1) is 12.1 Å². The molecule has 1 aromatic heterocycles. The average molecular weight is 301 g/mol. The summed E-state index contributed by atoms with van der Waals surface area (Å²) in [7, 11) is 0. The van der Waals surface area contributed by atoms with Gasteiger partial charge in [-0.3, -0.25) is 4.68 Å². The second kappa shape index (κ2) is 7.45. The van der Waals surface area contributed by atoms with E-state index >= 15 is 0 Å². The predicted molar refractivity (Wildman–Crippen MR) is 91.2 cm³/mol. The van der Waals surface area contributed by atoms with Gasteiger partial charge in [0.1, 0.15) is 0 Å². The first-order chi connectivity index (χ1) is 10.6. The Morgan fingerprint density at radius 1 is 1.18 bits per heavy atom. The Labute approximate surface area is 133 Å². The summed E-state index contributed by atoms with van der Waals surface area (Å²) in [6.45, 7) is 8.32. The molecule has 1 aliphatic heterocycles. The van der Waals surface area contributed by atoms with Crippen LogP contribution in [0.25, 0.3) is 0 Å². The van der Waals surface area contributed by atoms with Crippen molar-refractivity contribution in [1.82, 2.24) is 9.78 Å². The van der Waals surface area contributed by atoms with E-state index < -0.39 is 5.60 Å². The molecule has 0 aliphatic carbocycles. The minimum atomic E-state index is -0.596. The number of hydrogen-bond donors (Lipinski definition) is 1. The van der Waals surface area contributed by atoms with Gasteiger partial charge in [-0.2, -0.15) is 5.10 Å². The van der Waals surface area contributed by atoms with Crippen molar-refractivity contribution in [3.63, 3.8) is 0 Å². The van der Waals surface area contributed by atoms with Crippen molar-refractivity contribution in [3.8, 4) is 0 Å². The zero-order chi connectivity index (χ0) is 16.0. The molecule has 120 valence electrons. The van der Waals surface area contributed by atoms with Crippen LogP contribution in [0.1, 0.15) is 39.2 Å². The molecule has 1 fully saturated rings. The standard InChI is InChI=1S/C16H21N3O.C2H6/c1-16(20)9-5-10-18(13-16)15-8-11-19(17-15)12-14-6-3-2-4-7-14;1-2/h2-4,6-8,11,20H,5,9-10,12-13H2,1H3;1-2H3. The van der Waals surface area contributed by atoms with Crippen molar-refractivity contribution in [2.24, 2.45) is 0 Å². The van der Waals surface area contributed by atoms with Crippen molar-refractivity contribution in [2.75, 3.05) is 18.0 Å². The summed E-state index contributed by atoms with van der Waals surface area (Å²) in [6.07, 6.45) is 3.89. The molecule has 2 heterocycles. The van der Waals surface area contributed by atoms with Crippen LogP contribution in [0.2, 0.25) is 0 Å². The monoisotopic (exact) mass is 301 g/mol. The van der Waals surface area contributed by atoms with Gasteiger partial charge in [-0.15, -0.1) is 0 Å². The predicted octanol–water partition coefficient (Wildman–Crippen LogP) is 3.31. The zero-order valence-electron chi connectivity index (χ0n) is 13.9. The second-order valence-electron chi connectivity index (χ2n) is 5.88. The summed E-state index contributed by atoms with van der Waals surface area (Å²) >= 11 is 0. The highest BCUT2D eigenvalue weighted by Gasteiger charge is 2.29. The van der Waals surface area contributed by atoms with Gasteiger partial charge in [0.15, 0.2) is 5.82 Å². The van der Waals surface area contributed by atoms with Crippen LogP contribution < -0.4 is 4.90 Å². The quantitative estimate of drug-likeness (QED) is 0.945. The van der Waals surface area contributed by atoms with Crippen LogP contribution in [-0.2, 0) is 6.54 Å². The number of rotatable bonds is 3. The van der Waals surface area contributed by atoms with E-state index in [2.05, 4.69) is 22.1 Å². The maximum Gasteiger partial charge on any atom is 0.150 e. The normalized spacial score (nSPS) is 21.2. The molecule has 0 saturated carbocycles. The van der Waals surface area contributed by atoms with Crippen molar-refractivity contribution < 1.29 is 5.11 Å². The summed E-state index contributed by atoms with van der Waals surface area (Å²) < 4.78 is 1.95. The number of piperidine rings is 1. The van der Waals surface area contributed by atoms with Gasteiger partial charge in [-0.1, -0.05) is 44.2 Å². The Hall–Kier alpha value is -1.81. The molecular weight excluding hydrogens is 274 g/mol. The van der Waals surface area contributed by atoms with Crippen LogP contribution in [0, 0.1) is 0 Å². The van der Waals surface area contributed by atoms with E-state index in [0.717, 1.165) is 31.7 Å². The Kier molecular flexibility index (Phi) is 5.61. The summed E-state index contributed by atoms with van der Waals surface area (Å²) in [5, 5.41) is 14.8. The number of aromatic nitrogens is 2. The van der Waals surface area contributed by atoms with Crippen molar-refractivity contribution >= 4 is 5.82 Å². The number of β-amino-alcohol motifs (C(OH)–C–C–N with tert-alkyl or cyclic N) is 1. The number of aliphatic hydroxyl groups is 1. The summed E-state index contributed by atoms with van der Waals surface area (Å²) in [5.41, 5.74) is 0.648. The van der Waals surface area contributed by atoms with Crippen LogP contribution in [0.15, 0.2) is 42.6 Å². The summed E-state index contributed by atoms with van der Waals surface area (Å²) in [6, 6.07) is 12.3. The lowest BCUT2D eigenvalue weighted by Crippen LogP contribution is -2.46. The largest absolute Gasteiger partial charge is 0.388 e. The first-order valence-corrected chi connectivity index (χ1v) is 8.17. The fourth-order valence-electron chi connectivity index (χ4n) is 2.79. The molecule has 1 aromatic carbocycles. The lowest BCUT2D eigenvalue weighted by Gasteiger charge is -2.36. The van der Waals surface area contributed by atoms with E-state index in [4.69, 9.17) is 0 Å². The number of hydrogen-bond acceptors (Lipinski definition) is 3. The molecule has 0 amide bonds. The molecule has 4 nitrogen and oxygen atoms in total. The second-order valence-corrected chi connectivity index (χ2v) is 5.88. The topological polar surface area (TPSA) is 41.3 Å². The van der Waals surface area contributed by atoms with Gasteiger partial charge in [0, 0.05) is 25.4 Å². The highest BCUT2D eigenvalue weighted by atomic mass is 16.3. The first-order valence-electron chi connectivity index (χ1n) is 8.17. The van der Waals surface area contributed by atoms with Gasteiger partial charge in [0.2, 0.25) is 0 Å². The first kappa shape index (κ1) is 16.6. The smallest absolute Gasteiger partial charge is 0.150 e.